The van der Waals surface area contributed by atoms with Gasteiger partial charge in [-0.2, -0.15) is 0 Å². The van der Waals surface area contributed by atoms with Gasteiger partial charge in [0.2, 0.25) is 0 Å². The highest BCUT2D eigenvalue weighted by Gasteiger charge is 2.11. The van der Waals surface area contributed by atoms with E-state index < -0.39 is 4.92 Å². The van der Waals surface area contributed by atoms with Crippen LogP contribution in [0.25, 0.3) is 0 Å². The number of aromatic nitrogens is 1. The van der Waals surface area contributed by atoms with E-state index in [4.69, 9.17) is 11.6 Å². The first-order valence-corrected chi connectivity index (χ1v) is 7.29. The number of anilines is 3. The van der Waals surface area contributed by atoms with Gasteiger partial charge >= 0.3 is 0 Å². The number of halogens is 2. The minimum absolute atomic E-state index is 0.0310. The summed E-state index contributed by atoms with van der Waals surface area (Å²) in [5.41, 5.74) is 0.693. The highest BCUT2D eigenvalue weighted by molar-refractivity contribution is 9.10. The fraction of sp³-hybridized carbons (Fsp3) is 0.154. The van der Waals surface area contributed by atoms with Crippen molar-refractivity contribution in [2.75, 3.05) is 17.2 Å². The predicted octanol–water partition coefficient (Wildman–Crippen LogP) is 4.58. The van der Waals surface area contributed by atoms with E-state index in [-0.39, 0.29) is 5.69 Å². The van der Waals surface area contributed by atoms with Gasteiger partial charge in [0.1, 0.15) is 11.6 Å². The molecule has 1 aromatic carbocycles. The summed E-state index contributed by atoms with van der Waals surface area (Å²) in [6.45, 7) is 2.52. The fourth-order valence-corrected chi connectivity index (χ4v) is 2.18. The molecule has 0 atom stereocenters. The van der Waals surface area contributed by atoms with E-state index in [0.717, 1.165) is 10.2 Å². The average Bonchev–Trinajstić information content (AvgIpc) is 2.43. The molecule has 0 saturated carbocycles. The van der Waals surface area contributed by atoms with Crippen molar-refractivity contribution in [2.24, 2.45) is 0 Å². The SMILES string of the molecule is CCNc1cc([N+](=O)[O-])cc(Nc2ccc(Cl)c(Br)c2)n1. The summed E-state index contributed by atoms with van der Waals surface area (Å²) in [6.07, 6.45) is 0. The summed E-state index contributed by atoms with van der Waals surface area (Å²) in [5.74, 6) is 0.830. The maximum Gasteiger partial charge on any atom is 0.276 e. The van der Waals surface area contributed by atoms with Crippen molar-refractivity contribution in [1.82, 2.24) is 4.98 Å². The van der Waals surface area contributed by atoms with Crippen LogP contribution in [-0.2, 0) is 0 Å². The van der Waals surface area contributed by atoms with Crippen molar-refractivity contribution in [1.29, 1.82) is 0 Å². The second kappa shape index (κ2) is 6.73. The van der Waals surface area contributed by atoms with Gasteiger partial charge < -0.3 is 10.6 Å². The standard InChI is InChI=1S/C13H12BrClN4O2/c1-2-16-12-6-9(19(20)21)7-13(18-12)17-8-3-4-11(15)10(14)5-8/h3-7H,2H2,1H3,(H2,16,17,18). The molecular formula is C13H12BrClN4O2. The number of nitro groups is 1. The molecule has 21 heavy (non-hydrogen) atoms. The van der Waals surface area contributed by atoms with Crippen LogP contribution in [0.15, 0.2) is 34.8 Å². The molecule has 1 aromatic heterocycles. The lowest BCUT2D eigenvalue weighted by molar-refractivity contribution is -0.384. The molecule has 0 fully saturated rings. The van der Waals surface area contributed by atoms with E-state index in [0.29, 0.717) is 23.2 Å². The normalized spacial score (nSPS) is 10.2. The van der Waals surface area contributed by atoms with Gasteiger partial charge in [-0.25, -0.2) is 4.98 Å². The molecule has 110 valence electrons. The van der Waals surface area contributed by atoms with Gasteiger partial charge in [0.25, 0.3) is 5.69 Å². The monoisotopic (exact) mass is 370 g/mol. The van der Waals surface area contributed by atoms with E-state index in [1.54, 1.807) is 18.2 Å². The van der Waals surface area contributed by atoms with Gasteiger partial charge in [-0.1, -0.05) is 11.6 Å². The summed E-state index contributed by atoms with van der Waals surface area (Å²) in [6, 6.07) is 8.03. The molecule has 6 nitrogen and oxygen atoms in total. The predicted molar refractivity (Wildman–Crippen MR) is 87.5 cm³/mol. The molecule has 0 amide bonds. The van der Waals surface area contributed by atoms with E-state index in [1.165, 1.54) is 12.1 Å². The molecule has 0 aliphatic rings. The third kappa shape index (κ3) is 4.05. The van der Waals surface area contributed by atoms with Crippen LogP contribution in [0, 0.1) is 10.1 Å². The van der Waals surface area contributed by atoms with Gasteiger partial charge in [0.05, 0.1) is 22.1 Å². The number of benzene rings is 1. The lowest BCUT2D eigenvalue weighted by atomic mass is 10.3. The van der Waals surface area contributed by atoms with E-state index in [2.05, 4.69) is 31.5 Å². The topological polar surface area (TPSA) is 80.1 Å². The summed E-state index contributed by atoms with van der Waals surface area (Å²) in [4.78, 5) is 14.8. The molecule has 0 radical (unpaired) electrons. The molecule has 0 aliphatic heterocycles. The van der Waals surface area contributed by atoms with Gasteiger partial charge in [-0.05, 0) is 41.1 Å². The number of nitrogens with one attached hydrogen (secondary N) is 2. The molecule has 2 N–H and O–H groups in total. The highest BCUT2D eigenvalue weighted by atomic mass is 79.9. The van der Waals surface area contributed by atoms with Gasteiger partial charge in [-0.15, -0.1) is 0 Å². The Kier molecular flexibility index (Phi) is 4.98. The Hall–Kier alpha value is -1.86. The van der Waals surface area contributed by atoms with Crippen LogP contribution < -0.4 is 10.6 Å². The second-order valence-electron chi connectivity index (χ2n) is 4.14. The van der Waals surface area contributed by atoms with Crippen LogP contribution in [0.5, 0.6) is 0 Å². The zero-order valence-corrected chi connectivity index (χ0v) is 13.4. The zero-order chi connectivity index (χ0) is 15.4. The Morgan fingerprint density at radius 2 is 2.05 bits per heavy atom. The molecule has 2 rings (SSSR count). The van der Waals surface area contributed by atoms with Crippen molar-refractivity contribution in [2.45, 2.75) is 6.92 Å². The lowest BCUT2D eigenvalue weighted by Gasteiger charge is -2.09. The lowest BCUT2D eigenvalue weighted by Crippen LogP contribution is -2.03. The molecule has 0 unspecified atom stereocenters. The summed E-state index contributed by atoms with van der Waals surface area (Å²) >= 11 is 9.25. The first kappa shape index (κ1) is 15.5. The minimum Gasteiger partial charge on any atom is -0.370 e. The van der Waals surface area contributed by atoms with Gasteiger partial charge in [-0.3, -0.25) is 10.1 Å². The largest absolute Gasteiger partial charge is 0.370 e. The van der Waals surface area contributed by atoms with Crippen LogP contribution in [0.2, 0.25) is 5.02 Å². The highest BCUT2D eigenvalue weighted by Crippen LogP contribution is 2.28. The van der Waals surface area contributed by atoms with Crippen molar-refractivity contribution in [3.8, 4) is 0 Å². The Bertz CT molecular complexity index is 681. The van der Waals surface area contributed by atoms with E-state index >= 15 is 0 Å². The first-order chi connectivity index (χ1) is 9.99. The summed E-state index contributed by atoms with van der Waals surface area (Å²) < 4.78 is 0.728. The average molecular weight is 372 g/mol. The Morgan fingerprint density at radius 1 is 1.33 bits per heavy atom. The van der Waals surface area contributed by atoms with E-state index in [9.17, 15) is 10.1 Å². The van der Waals surface area contributed by atoms with Gasteiger partial charge in [0, 0.05) is 16.7 Å². The number of hydrogen-bond acceptors (Lipinski definition) is 5. The first-order valence-electron chi connectivity index (χ1n) is 6.12. The molecule has 0 bridgehead atoms. The Morgan fingerprint density at radius 3 is 2.67 bits per heavy atom. The molecule has 8 heteroatoms. The van der Waals surface area contributed by atoms with Crippen LogP contribution in [-0.4, -0.2) is 16.5 Å². The fourth-order valence-electron chi connectivity index (χ4n) is 1.68. The van der Waals surface area contributed by atoms with Crippen molar-refractivity contribution < 1.29 is 4.92 Å². The van der Waals surface area contributed by atoms with Crippen molar-refractivity contribution in [3.63, 3.8) is 0 Å². The molecule has 2 aromatic rings. The number of pyridine rings is 1. The van der Waals surface area contributed by atoms with E-state index in [1.807, 2.05) is 6.92 Å². The maximum atomic E-state index is 11.0. The summed E-state index contributed by atoms with van der Waals surface area (Å²) in [7, 11) is 0. The smallest absolute Gasteiger partial charge is 0.276 e. The number of nitrogens with zero attached hydrogens (tertiary/aromatic N) is 2. The molecule has 0 spiro atoms. The summed E-state index contributed by atoms with van der Waals surface area (Å²) in [5, 5.41) is 17.5. The van der Waals surface area contributed by atoms with Crippen LogP contribution >= 0.6 is 27.5 Å². The third-order valence-corrected chi connectivity index (χ3v) is 3.78. The molecule has 1 heterocycles. The van der Waals surface area contributed by atoms with Crippen LogP contribution in [0.4, 0.5) is 23.0 Å². The van der Waals surface area contributed by atoms with Crippen molar-refractivity contribution in [3.05, 3.63) is 49.9 Å². The minimum atomic E-state index is -0.453. The maximum absolute atomic E-state index is 11.0. The zero-order valence-electron chi connectivity index (χ0n) is 11.1. The van der Waals surface area contributed by atoms with Crippen LogP contribution in [0.1, 0.15) is 6.92 Å². The number of hydrogen-bond donors (Lipinski definition) is 2. The molecular weight excluding hydrogens is 360 g/mol. The number of rotatable bonds is 5. The van der Waals surface area contributed by atoms with Crippen LogP contribution in [0.3, 0.4) is 0 Å². The molecule has 0 aliphatic carbocycles. The Labute approximate surface area is 134 Å². The second-order valence-corrected chi connectivity index (χ2v) is 5.40. The molecule has 0 saturated heterocycles. The third-order valence-electron chi connectivity index (χ3n) is 2.57. The van der Waals surface area contributed by atoms with Gasteiger partial charge in [0.15, 0.2) is 0 Å². The Balaban J connectivity index is 2.33. The quantitative estimate of drug-likeness (QED) is 0.594. The van der Waals surface area contributed by atoms with Crippen molar-refractivity contribution >= 4 is 50.5 Å².